The van der Waals surface area contributed by atoms with Gasteiger partial charge in [0.15, 0.2) is 0 Å². The molecule has 27 heavy (non-hydrogen) atoms. The summed E-state index contributed by atoms with van der Waals surface area (Å²) in [6, 6.07) is 0. The second kappa shape index (κ2) is 10.1. The van der Waals surface area contributed by atoms with Crippen LogP contribution in [0.4, 0.5) is 0 Å². The third kappa shape index (κ3) is 5.66. The summed E-state index contributed by atoms with van der Waals surface area (Å²) >= 11 is 0. The highest BCUT2D eigenvalue weighted by Gasteiger charge is 2.18. The van der Waals surface area contributed by atoms with Crippen LogP contribution < -0.4 is 17.1 Å². The molecule has 0 saturated heterocycles. The van der Waals surface area contributed by atoms with Crippen LogP contribution in [0.25, 0.3) is 0 Å². The van der Waals surface area contributed by atoms with Gasteiger partial charge in [-0.2, -0.15) is 0 Å². The van der Waals surface area contributed by atoms with E-state index in [0.717, 1.165) is 21.3 Å². The second-order valence-corrected chi connectivity index (χ2v) is 5.28. The minimum Gasteiger partial charge on any atom is -0.469 e. The van der Waals surface area contributed by atoms with Gasteiger partial charge in [0.25, 0.3) is 0 Å². The van der Waals surface area contributed by atoms with E-state index in [1.165, 1.54) is 0 Å². The molecule has 0 amide bonds. The highest BCUT2D eigenvalue weighted by atomic mass is 16.5. The first kappa shape index (κ1) is 21.9. The van der Waals surface area contributed by atoms with Crippen molar-refractivity contribution in [2.75, 3.05) is 21.3 Å². The number of hydrogen-bond donors (Lipinski definition) is 0. The maximum absolute atomic E-state index is 12.5. The lowest BCUT2D eigenvalue weighted by molar-refractivity contribution is -0.141. The van der Waals surface area contributed by atoms with E-state index in [9.17, 15) is 28.8 Å². The summed E-state index contributed by atoms with van der Waals surface area (Å²) in [7, 11) is 3.45. The van der Waals surface area contributed by atoms with Gasteiger partial charge in [0, 0.05) is 19.6 Å². The Kier molecular flexibility index (Phi) is 8.17. The van der Waals surface area contributed by atoms with Gasteiger partial charge in [-0.25, -0.2) is 28.1 Å². The third-order valence-corrected chi connectivity index (χ3v) is 3.69. The van der Waals surface area contributed by atoms with Gasteiger partial charge in [-0.15, -0.1) is 0 Å². The molecule has 0 unspecified atom stereocenters. The van der Waals surface area contributed by atoms with Crippen molar-refractivity contribution in [2.24, 2.45) is 0 Å². The number of nitrogens with zero attached hydrogens (tertiary/aromatic N) is 3. The van der Waals surface area contributed by atoms with Crippen molar-refractivity contribution in [3.63, 3.8) is 0 Å². The summed E-state index contributed by atoms with van der Waals surface area (Å²) in [4.78, 5) is 71.4. The van der Waals surface area contributed by atoms with Crippen molar-refractivity contribution in [3.8, 4) is 0 Å². The molecule has 12 nitrogen and oxygen atoms in total. The van der Waals surface area contributed by atoms with Crippen LogP contribution in [0.2, 0.25) is 0 Å². The van der Waals surface area contributed by atoms with Crippen LogP contribution in [0.5, 0.6) is 0 Å². The molecule has 0 aromatic carbocycles. The van der Waals surface area contributed by atoms with Crippen LogP contribution in [0, 0.1) is 0 Å². The fourth-order valence-electron chi connectivity index (χ4n) is 2.17. The normalized spacial score (nSPS) is 10.3. The zero-order chi connectivity index (χ0) is 20.6. The molecule has 1 rings (SSSR count). The van der Waals surface area contributed by atoms with Crippen molar-refractivity contribution >= 4 is 17.9 Å². The topological polar surface area (TPSA) is 145 Å². The Hall–Kier alpha value is -3.18. The molecule has 0 aliphatic heterocycles. The lowest BCUT2D eigenvalue weighted by Crippen LogP contribution is -2.55. The summed E-state index contributed by atoms with van der Waals surface area (Å²) in [6.07, 6.45) is -0.840. The van der Waals surface area contributed by atoms with E-state index in [2.05, 4.69) is 14.2 Å². The Balaban J connectivity index is 3.38. The summed E-state index contributed by atoms with van der Waals surface area (Å²) in [6.45, 7) is -0.997. The average molecular weight is 387 g/mol. The fraction of sp³-hybridized carbons (Fsp3) is 0.600. The predicted octanol–water partition coefficient (Wildman–Crippen LogP) is -2.14. The Labute approximate surface area is 152 Å². The van der Waals surface area contributed by atoms with Gasteiger partial charge in [-0.3, -0.25) is 14.4 Å². The van der Waals surface area contributed by atoms with Crippen LogP contribution in [0.3, 0.4) is 0 Å². The molecule has 1 aromatic rings. The smallest absolute Gasteiger partial charge is 0.336 e. The molecule has 1 heterocycles. The molecule has 12 heteroatoms. The van der Waals surface area contributed by atoms with E-state index in [-0.39, 0.29) is 38.9 Å². The van der Waals surface area contributed by atoms with Gasteiger partial charge < -0.3 is 14.2 Å². The first-order chi connectivity index (χ1) is 12.8. The van der Waals surface area contributed by atoms with E-state index >= 15 is 0 Å². The maximum Gasteiger partial charge on any atom is 0.336 e. The van der Waals surface area contributed by atoms with E-state index in [0.29, 0.717) is 13.7 Å². The minimum atomic E-state index is -0.980. The van der Waals surface area contributed by atoms with Crippen LogP contribution in [-0.4, -0.2) is 52.9 Å². The molecular formula is C15H21N3O9. The van der Waals surface area contributed by atoms with Crippen LogP contribution in [0.1, 0.15) is 19.3 Å². The lowest BCUT2D eigenvalue weighted by atomic mass is 10.4. The molecule has 0 atom stereocenters. The summed E-state index contributed by atoms with van der Waals surface area (Å²) in [5, 5.41) is 0. The molecule has 0 fully saturated rings. The molecule has 0 aliphatic rings. The molecule has 150 valence electrons. The molecule has 0 aliphatic carbocycles. The Morgan fingerprint density at radius 1 is 0.593 bits per heavy atom. The van der Waals surface area contributed by atoms with Crippen LogP contribution >= 0.6 is 0 Å². The molecule has 0 radical (unpaired) electrons. The molecule has 0 bridgehead atoms. The van der Waals surface area contributed by atoms with Crippen molar-refractivity contribution in [3.05, 3.63) is 31.5 Å². The van der Waals surface area contributed by atoms with Crippen molar-refractivity contribution in [2.45, 2.75) is 38.9 Å². The van der Waals surface area contributed by atoms with Gasteiger partial charge in [0.1, 0.15) is 0 Å². The first-order valence-corrected chi connectivity index (χ1v) is 7.91. The highest BCUT2D eigenvalue weighted by Crippen LogP contribution is 1.91. The Bertz CT molecular complexity index is 733. The third-order valence-electron chi connectivity index (χ3n) is 3.69. The number of carbonyl (C=O) groups excluding carboxylic acids is 3. The number of esters is 3. The van der Waals surface area contributed by atoms with Crippen LogP contribution in [-0.2, 0) is 48.2 Å². The SMILES string of the molecule is COC(=O)CCn1c(=O)n(CCC(=O)OC)c(=O)n(CCC(=O)OC)c1=O. The van der Waals surface area contributed by atoms with Gasteiger partial charge in [0.2, 0.25) is 0 Å². The van der Waals surface area contributed by atoms with Crippen molar-refractivity contribution in [1.29, 1.82) is 0 Å². The number of rotatable bonds is 9. The maximum atomic E-state index is 12.5. The average Bonchev–Trinajstić information content (AvgIpc) is 2.66. The van der Waals surface area contributed by atoms with Crippen LogP contribution in [0.15, 0.2) is 14.4 Å². The largest absolute Gasteiger partial charge is 0.469 e. The minimum absolute atomic E-state index is 0.280. The fourth-order valence-corrected chi connectivity index (χ4v) is 2.17. The summed E-state index contributed by atoms with van der Waals surface area (Å²) in [5.41, 5.74) is -2.94. The van der Waals surface area contributed by atoms with Crippen molar-refractivity contribution < 1.29 is 28.6 Å². The number of methoxy groups -OCH3 is 3. The molecule has 0 N–H and O–H groups in total. The van der Waals surface area contributed by atoms with Crippen molar-refractivity contribution in [1.82, 2.24) is 13.7 Å². The Morgan fingerprint density at radius 3 is 1.00 bits per heavy atom. The zero-order valence-corrected chi connectivity index (χ0v) is 15.3. The van der Waals surface area contributed by atoms with E-state index < -0.39 is 35.0 Å². The van der Waals surface area contributed by atoms with E-state index in [1.807, 2.05) is 0 Å². The number of ether oxygens (including phenoxy) is 3. The lowest BCUT2D eigenvalue weighted by Gasteiger charge is -2.13. The second-order valence-electron chi connectivity index (χ2n) is 5.28. The molecule has 0 saturated carbocycles. The number of aromatic nitrogens is 3. The van der Waals surface area contributed by atoms with Gasteiger partial charge in [-0.05, 0) is 0 Å². The Morgan fingerprint density at radius 2 is 0.815 bits per heavy atom. The molecule has 0 spiro atoms. The van der Waals surface area contributed by atoms with Gasteiger partial charge in [-0.1, -0.05) is 0 Å². The quantitative estimate of drug-likeness (QED) is 0.342. The number of carbonyl (C=O) groups is 3. The highest BCUT2D eigenvalue weighted by molar-refractivity contribution is 5.69. The van der Waals surface area contributed by atoms with Gasteiger partial charge >= 0.3 is 35.0 Å². The monoisotopic (exact) mass is 387 g/mol. The van der Waals surface area contributed by atoms with Gasteiger partial charge in [0.05, 0.1) is 40.6 Å². The number of hydrogen-bond acceptors (Lipinski definition) is 9. The predicted molar refractivity (Wildman–Crippen MR) is 89.1 cm³/mol. The zero-order valence-electron chi connectivity index (χ0n) is 15.3. The van der Waals surface area contributed by atoms with E-state index in [4.69, 9.17) is 0 Å². The molecular weight excluding hydrogens is 366 g/mol. The standard InChI is InChI=1S/C15H21N3O9/c1-25-10(19)4-7-16-13(22)17(8-5-11(20)26-2)15(24)18(14(16)23)9-6-12(21)27-3/h4-9H2,1-3H3. The summed E-state index contributed by atoms with van der Waals surface area (Å²) < 4.78 is 15.4. The van der Waals surface area contributed by atoms with E-state index in [1.54, 1.807) is 0 Å². The molecule has 1 aromatic heterocycles. The first-order valence-electron chi connectivity index (χ1n) is 7.91. The summed E-state index contributed by atoms with van der Waals surface area (Å²) in [5.74, 6) is -1.97.